The van der Waals surface area contributed by atoms with Gasteiger partial charge in [-0.3, -0.25) is 4.98 Å². The average molecular weight is 249 g/mol. The molecule has 1 aromatic heterocycles. The number of halogens is 2. The van der Waals surface area contributed by atoms with Gasteiger partial charge in [0.2, 0.25) is 0 Å². The molecule has 18 heavy (non-hydrogen) atoms. The maximum Gasteiger partial charge on any atom is 0.263 e. The van der Waals surface area contributed by atoms with Crippen LogP contribution in [0.3, 0.4) is 0 Å². The topological polar surface area (TPSA) is 33.1 Å². The van der Waals surface area contributed by atoms with E-state index in [1.807, 2.05) is 6.92 Å². The molecule has 1 N–H and O–H groups in total. The van der Waals surface area contributed by atoms with Gasteiger partial charge < -0.3 is 5.11 Å². The minimum Gasteiger partial charge on any atom is -0.384 e. The molecule has 1 aromatic carbocycles. The minimum atomic E-state index is -2.54. The van der Waals surface area contributed by atoms with Crippen LogP contribution in [0.25, 0.3) is 0 Å². The number of benzene rings is 1. The summed E-state index contributed by atoms with van der Waals surface area (Å²) in [6, 6.07) is 7.59. The molecule has 1 unspecified atom stereocenters. The second kappa shape index (κ2) is 5.23. The molecule has 0 amide bonds. The van der Waals surface area contributed by atoms with E-state index in [1.54, 1.807) is 24.5 Å². The molecule has 1 atom stereocenters. The zero-order chi connectivity index (χ0) is 13.1. The fourth-order valence-corrected chi connectivity index (χ4v) is 1.81. The summed E-state index contributed by atoms with van der Waals surface area (Å²) in [4.78, 5) is 3.94. The number of hydrogen-bond donors (Lipinski definition) is 1. The van der Waals surface area contributed by atoms with Gasteiger partial charge in [-0.2, -0.15) is 0 Å². The lowest BCUT2D eigenvalue weighted by atomic mass is 9.98. The smallest absolute Gasteiger partial charge is 0.263 e. The minimum absolute atomic E-state index is 0.0897. The fraction of sp³-hybridized carbons (Fsp3) is 0.214. The number of hydrogen-bond acceptors (Lipinski definition) is 2. The Balaban J connectivity index is 2.37. The van der Waals surface area contributed by atoms with Gasteiger partial charge in [0.1, 0.15) is 6.10 Å². The maximum atomic E-state index is 12.6. The van der Waals surface area contributed by atoms with E-state index in [1.165, 1.54) is 18.2 Å². The Morgan fingerprint density at radius 3 is 2.56 bits per heavy atom. The van der Waals surface area contributed by atoms with Gasteiger partial charge in [-0.15, -0.1) is 0 Å². The van der Waals surface area contributed by atoms with Crippen molar-refractivity contribution < 1.29 is 13.9 Å². The van der Waals surface area contributed by atoms with Crippen molar-refractivity contribution in [2.24, 2.45) is 0 Å². The third kappa shape index (κ3) is 2.54. The van der Waals surface area contributed by atoms with Crippen LogP contribution in [-0.4, -0.2) is 10.1 Å². The number of nitrogens with zero attached hydrogens (tertiary/aromatic N) is 1. The van der Waals surface area contributed by atoms with E-state index in [9.17, 15) is 13.9 Å². The summed E-state index contributed by atoms with van der Waals surface area (Å²) < 4.78 is 25.2. The first-order chi connectivity index (χ1) is 8.59. The van der Waals surface area contributed by atoms with Crippen molar-refractivity contribution in [3.05, 3.63) is 65.0 Å². The van der Waals surface area contributed by atoms with Crippen LogP contribution >= 0.6 is 0 Å². The van der Waals surface area contributed by atoms with Gasteiger partial charge in [0.15, 0.2) is 0 Å². The van der Waals surface area contributed by atoms with Gasteiger partial charge in [0, 0.05) is 23.5 Å². The van der Waals surface area contributed by atoms with Gasteiger partial charge in [0.05, 0.1) is 0 Å². The standard InChI is InChI=1S/C14H13F2NO/c1-9-5-6-17-8-12(9)13(18)10-3-2-4-11(7-10)14(15)16/h2-8,13-14,18H,1H3. The summed E-state index contributed by atoms with van der Waals surface area (Å²) in [5.41, 5.74) is 1.86. The van der Waals surface area contributed by atoms with Gasteiger partial charge >= 0.3 is 0 Å². The first-order valence-corrected chi connectivity index (χ1v) is 5.56. The molecule has 2 aromatic rings. The Labute approximate surface area is 104 Å². The van der Waals surface area contributed by atoms with Crippen LogP contribution in [0, 0.1) is 6.92 Å². The molecule has 0 aliphatic rings. The Kier molecular flexibility index (Phi) is 3.67. The lowest BCUT2D eigenvalue weighted by Crippen LogP contribution is -2.03. The van der Waals surface area contributed by atoms with E-state index in [4.69, 9.17) is 0 Å². The van der Waals surface area contributed by atoms with Gasteiger partial charge in [-0.05, 0) is 30.2 Å². The SMILES string of the molecule is Cc1ccncc1C(O)c1cccc(C(F)F)c1. The molecule has 0 fully saturated rings. The number of pyridine rings is 1. The Bertz CT molecular complexity index is 543. The highest BCUT2D eigenvalue weighted by Gasteiger charge is 2.15. The number of aliphatic hydroxyl groups is 1. The second-order valence-electron chi connectivity index (χ2n) is 4.11. The number of aliphatic hydroxyl groups excluding tert-OH is 1. The molecule has 0 aliphatic carbocycles. The van der Waals surface area contributed by atoms with Crippen LogP contribution in [0.5, 0.6) is 0 Å². The van der Waals surface area contributed by atoms with Gasteiger partial charge in [0.25, 0.3) is 6.43 Å². The summed E-state index contributed by atoms with van der Waals surface area (Å²) in [6.07, 6.45) is -0.291. The van der Waals surface area contributed by atoms with Crippen LogP contribution in [0.15, 0.2) is 42.7 Å². The molecule has 0 bridgehead atoms. The van der Waals surface area contributed by atoms with Crippen LogP contribution in [-0.2, 0) is 0 Å². The normalized spacial score (nSPS) is 12.7. The largest absolute Gasteiger partial charge is 0.384 e. The molecule has 1 heterocycles. The summed E-state index contributed by atoms with van der Waals surface area (Å²) in [5.74, 6) is 0. The predicted octanol–water partition coefficient (Wildman–Crippen LogP) is 3.41. The van der Waals surface area contributed by atoms with Crippen molar-refractivity contribution in [2.45, 2.75) is 19.5 Å². The Hall–Kier alpha value is -1.81. The molecular weight excluding hydrogens is 236 g/mol. The number of alkyl halides is 2. The number of aromatic nitrogens is 1. The van der Waals surface area contributed by atoms with Crippen LogP contribution in [0.1, 0.15) is 34.8 Å². The number of aryl methyl sites for hydroxylation is 1. The van der Waals surface area contributed by atoms with Crippen LogP contribution < -0.4 is 0 Å². The van der Waals surface area contributed by atoms with Crippen molar-refractivity contribution in [1.82, 2.24) is 4.98 Å². The van der Waals surface area contributed by atoms with Crippen molar-refractivity contribution in [2.75, 3.05) is 0 Å². The van der Waals surface area contributed by atoms with Crippen molar-refractivity contribution in [3.63, 3.8) is 0 Å². The van der Waals surface area contributed by atoms with E-state index in [2.05, 4.69) is 4.98 Å². The third-order valence-electron chi connectivity index (χ3n) is 2.85. The monoisotopic (exact) mass is 249 g/mol. The molecule has 4 heteroatoms. The lowest BCUT2D eigenvalue weighted by molar-refractivity contribution is 0.150. The summed E-state index contributed by atoms with van der Waals surface area (Å²) in [6.45, 7) is 1.84. The van der Waals surface area contributed by atoms with Gasteiger partial charge in [-0.25, -0.2) is 8.78 Å². The Morgan fingerprint density at radius 2 is 1.89 bits per heavy atom. The first kappa shape index (κ1) is 12.6. The Morgan fingerprint density at radius 1 is 1.17 bits per heavy atom. The van der Waals surface area contributed by atoms with Crippen molar-refractivity contribution in [1.29, 1.82) is 0 Å². The molecule has 2 rings (SSSR count). The first-order valence-electron chi connectivity index (χ1n) is 5.56. The highest BCUT2D eigenvalue weighted by molar-refractivity contribution is 5.35. The quantitative estimate of drug-likeness (QED) is 0.904. The predicted molar refractivity (Wildman–Crippen MR) is 64.4 cm³/mol. The van der Waals surface area contributed by atoms with Crippen LogP contribution in [0.4, 0.5) is 8.78 Å². The molecule has 0 saturated carbocycles. The maximum absolute atomic E-state index is 12.6. The van der Waals surface area contributed by atoms with E-state index < -0.39 is 12.5 Å². The van der Waals surface area contributed by atoms with Crippen LogP contribution in [0.2, 0.25) is 0 Å². The van der Waals surface area contributed by atoms with E-state index >= 15 is 0 Å². The van der Waals surface area contributed by atoms with Crippen molar-refractivity contribution >= 4 is 0 Å². The average Bonchev–Trinajstić information content (AvgIpc) is 2.38. The zero-order valence-electron chi connectivity index (χ0n) is 9.85. The molecule has 2 nitrogen and oxygen atoms in total. The third-order valence-corrected chi connectivity index (χ3v) is 2.85. The second-order valence-corrected chi connectivity index (χ2v) is 4.11. The molecule has 0 aliphatic heterocycles. The molecule has 0 saturated heterocycles. The highest BCUT2D eigenvalue weighted by Crippen LogP contribution is 2.27. The molecule has 0 radical (unpaired) electrons. The van der Waals surface area contributed by atoms with Gasteiger partial charge in [-0.1, -0.05) is 18.2 Å². The molecular formula is C14H13F2NO. The van der Waals surface area contributed by atoms with Crippen molar-refractivity contribution in [3.8, 4) is 0 Å². The van der Waals surface area contributed by atoms with E-state index in [0.29, 0.717) is 11.1 Å². The van der Waals surface area contributed by atoms with E-state index in [-0.39, 0.29) is 5.56 Å². The zero-order valence-corrected chi connectivity index (χ0v) is 9.85. The molecule has 94 valence electrons. The van der Waals surface area contributed by atoms with E-state index in [0.717, 1.165) is 5.56 Å². The highest BCUT2D eigenvalue weighted by atomic mass is 19.3. The summed E-state index contributed by atoms with van der Waals surface area (Å²) in [5, 5.41) is 10.2. The fourth-order valence-electron chi connectivity index (χ4n) is 1.81. The number of rotatable bonds is 3. The summed E-state index contributed by atoms with van der Waals surface area (Å²) >= 11 is 0. The lowest BCUT2D eigenvalue weighted by Gasteiger charge is -2.14. The molecule has 0 spiro atoms. The summed E-state index contributed by atoms with van der Waals surface area (Å²) in [7, 11) is 0.